The van der Waals surface area contributed by atoms with Crippen molar-refractivity contribution in [2.75, 3.05) is 23.3 Å². The first kappa shape index (κ1) is 23.3. The molecule has 0 aliphatic carbocycles. The minimum absolute atomic E-state index is 0.0124. The van der Waals surface area contributed by atoms with E-state index in [-0.39, 0.29) is 17.3 Å². The van der Waals surface area contributed by atoms with Crippen LogP contribution < -0.4 is 10.0 Å². The van der Waals surface area contributed by atoms with Crippen LogP contribution in [0.2, 0.25) is 0 Å². The van der Waals surface area contributed by atoms with Crippen LogP contribution >= 0.6 is 11.9 Å². The third-order valence-corrected chi connectivity index (χ3v) is 6.58. The molecule has 1 saturated heterocycles. The number of aromatic amines is 1. The zero-order chi connectivity index (χ0) is 24.4. The number of halogens is 2. The summed E-state index contributed by atoms with van der Waals surface area (Å²) in [7, 11) is 0. The minimum atomic E-state index is -0.960. The number of aryl methyl sites for hydroxylation is 1. The Morgan fingerprint density at radius 2 is 1.97 bits per heavy atom. The van der Waals surface area contributed by atoms with Crippen LogP contribution in [0.4, 0.5) is 20.3 Å². The Morgan fingerprint density at radius 3 is 2.69 bits per heavy atom. The van der Waals surface area contributed by atoms with E-state index in [4.69, 9.17) is 4.74 Å². The lowest BCUT2D eigenvalue weighted by Crippen LogP contribution is -2.40. The molecule has 3 heterocycles. The summed E-state index contributed by atoms with van der Waals surface area (Å²) >= 11 is 1.19. The maximum absolute atomic E-state index is 15.4. The maximum Gasteiger partial charge on any atom is 0.201 e. The molecule has 2 aromatic carbocycles. The van der Waals surface area contributed by atoms with Gasteiger partial charge in [0, 0.05) is 11.1 Å². The van der Waals surface area contributed by atoms with Crippen molar-refractivity contribution in [2.24, 2.45) is 0 Å². The number of carbonyl (C=O) groups excluding carboxylic acids is 1. The predicted molar refractivity (Wildman–Crippen MR) is 132 cm³/mol. The summed E-state index contributed by atoms with van der Waals surface area (Å²) in [5, 5.41) is 3.57. The first-order valence-electron chi connectivity index (χ1n) is 11.3. The monoisotopic (exact) mass is 495 g/mol. The SMILES string of the molecule is CCCc1ccc(SNc2ccc(F)c(C(=O)c3c[nH]c4ncnc(NC5COC5)c34)c2F)cc1. The Labute approximate surface area is 204 Å². The molecule has 0 amide bonds. The van der Waals surface area contributed by atoms with Crippen molar-refractivity contribution < 1.29 is 18.3 Å². The highest BCUT2D eigenvalue weighted by atomic mass is 32.2. The van der Waals surface area contributed by atoms with Crippen LogP contribution in [0.3, 0.4) is 0 Å². The summed E-state index contributed by atoms with van der Waals surface area (Å²) in [6.07, 6.45) is 4.79. The maximum atomic E-state index is 15.4. The highest BCUT2D eigenvalue weighted by Crippen LogP contribution is 2.31. The van der Waals surface area contributed by atoms with E-state index in [0.717, 1.165) is 23.8 Å². The van der Waals surface area contributed by atoms with Gasteiger partial charge in [0.15, 0.2) is 5.82 Å². The van der Waals surface area contributed by atoms with Gasteiger partial charge in [-0.15, -0.1) is 0 Å². The van der Waals surface area contributed by atoms with Crippen molar-refractivity contribution >= 4 is 40.3 Å². The average molecular weight is 496 g/mol. The molecule has 0 atom stereocenters. The summed E-state index contributed by atoms with van der Waals surface area (Å²) < 4.78 is 38.2. The largest absolute Gasteiger partial charge is 0.377 e. The molecule has 1 aliphatic rings. The molecule has 0 radical (unpaired) electrons. The number of fused-ring (bicyclic) bond motifs is 1. The summed E-state index contributed by atoms with van der Waals surface area (Å²) in [6, 6.07) is 10.3. The summed E-state index contributed by atoms with van der Waals surface area (Å²) in [4.78, 5) is 25.5. The van der Waals surface area contributed by atoms with E-state index in [9.17, 15) is 9.18 Å². The van der Waals surface area contributed by atoms with Crippen molar-refractivity contribution in [3.63, 3.8) is 0 Å². The smallest absolute Gasteiger partial charge is 0.201 e. The molecular weight excluding hydrogens is 472 g/mol. The summed E-state index contributed by atoms with van der Waals surface area (Å²) in [5.74, 6) is -2.30. The molecule has 4 aromatic rings. The van der Waals surface area contributed by atoms with E-state index in [2.05, 4.69) is 31.9 Å². The standard InChI is InChI=1S/C25H23F2N5O2S/c1-2-3-14-4-6-16(7-5-14)35-32-19-9-8-18(26)21(22(19)27)23(33)17-10-28-24-20(17)25(30-13-29-24)31-15-11-34-12-15/h4-10,13,15,32H,2-3,11-12H2,1H3,(H2,28,29,30,31). The molecule has 0 bridgehead atoms. The van der Waals surface area contributed by atoms with Crippen LogP contribution in [0.15, 0.2) is 53.8 Å². The van der Waals surface area contributed by atoms with Crippen LogP contribution in [-0.4, -0.2) is 40.0 Å². The molecule has 0 unspecified atom stereocenters. The van der Waals surface area contributed by atoms with E-state index in [1.165, 1.54) is 36.1 Å². The number of carbonyl (C=O) groups is 1. The van der Waals surface area contributed by atoms with E-state index >= 15 is 4.39 Å². The van der Waals surface area contributed by atoms with E-state index < -0.39 is 23.0 Å². The highest BCUT2D eigenvalue weighted by Gasteiger charge is 2.27. The number of H-pyrrole nitrogens is 1. The third kappa shape index (κ3) is 4.71. The number of rotatable bonds is 9. The van der Waals surface area contributed by atoms with Gasteiger partial charge in [-0.05, 0) is 48.2 Å². The molecule has 5 rings (SSSR count). The lowest BCUT2D eigenvalue weighted by Gasteiger charge is -2.27. The van der Waals surface area contributed by atoms with E-state index in [1.807, 2.05) is 24.3 Å². The van der Waals surface area contributed by atoms with Crippen molar-refractivity contribution in [2.45, 2.75) is 30.7 Å². The Morgan fingerprint density at radius 1 is 1.17 bits per heavy atom. The lowest BCUT2D eigenvalue weighted by atomic mass is 10.0. The fourth-order valence-electron chi connectivity index (χ4n) is 3.86. The van der Waals surface area contributed by atoms with Gasteiger partial charge in [-0.25, -0.2) is 18.7 Å². The number of aromatic nitrogens is 3. The summed E-state index contributed by atoms with van der Waals surface area (Å²) in [6.45, 7) is 3.13. The van der Waals surface area contributed by atoms with Crippen LogP contribution in [0.5, 0.6) is 0 Å². The molecule has 35 heavy (non-hydrogen) atoms. The second-order valence-electron chi connectivity index (χ2n) is 8.24. The van der Waals surface area contributed by atoms with Gasteiger partial charge in [0.1, 0.15) is 23.6 Å². The molecule has 3 N–H and O–H groups in total. The number of nitrogens with one attached hydrogen (secondary N) is 3. The number of benzene rings is 2. The quantitative estimate of drug-likeness (QED) is 0.213. The molecule has 180 valence electrons. The fraction of sp³-hybridized carbons (Fsp3) is 0.240. The Hall–Kier alpha value is -3.50. The average Bonchev–Trinajstić information content (AvgIpc) is 3.27. The molecular formula is C25H23F2N5O2S. The zero-order valence-electron chi connectivity index (χ0n) is 18.9. The van der Waals surface area contributed by atoms with Gasteiger partial charge in [0.25, 0.3) is 0 Å². The molecule has 0 spiro atoms. The van der Waals surface area contributed by atoms with Gasteiger partial charge >= 0.3 is 0 Å². The predicted octanol–water partition coefficient (Wildman–Crippen LogP) is 5.35. The van der Waals surface area contributed by atoms with Gasteiger partial charge in [-0.3, -0.25) is 4.79 Å². The number of ketones is 1. The van der Waals surface area contributed by atoms with Crippen molar-refractivity contribution in [1.82, 2.24) is 15.0 Å². The van der Waals surface area contributed by atoms with Crippen LogP contribution in [0, 0.1) is 11.6 Å². The topological polar surface area (TPSA) is 91.9 Å². The van der Waals surface area contributed by atoms with Gasteiger partial charge in [-0.1, -0.05) is 25.5 Å². The van der Waals surface area contributed by atoms with Crippen LogP contribution in [-0.2, 0) is 11.2 Å². The molecule has 10 heteroatoms. The molecule has 0 saturated carbocycles. The van der Waals surface area contributed by atoms with Gasteiger partial charge in [0.2, 0.25) is 5.78 Å². The normalized spacial score (nSPS) is 13.6. The van der Waals surface area contributed by atoms with Gasteiger partial charge in [-0.2, -0.15) is 0 Å². The minimum Gasteiger partial charge on any atom is -0.377 e. The lowest BCUT2D eigenvalue weighted by molar-refractivity contribution is 0.0210. The summed E-state index contributed by atoms with van der Waals surface area (Å²) in [5.41, 5.74) is 1.06. The van der Waals surface area contributed by atoms with Crippen molar-refractivity contribution in [1.29, 1.82) is 0 Å². The first-order chi connectivity index (χ1) is 17.0. The van der Waals surface area contributed by atoms with Gasteiger partial charge in [0.05, 0.1) is 41.5 Å². The fourth-order valence-corrected chi connectivity index (χ4v) is 4.52. The van der Waals surface area contributed by atoms with Gasteiger partial charge < -0.3 is 19.8 Å². The molecule has 1 fully saturated rings. The Kier molecular flexibility index (Phi) is 6.65. The number of hydrogen-bond acceptors (Lipinski definition) is 7. The number of hydrogen-bond donors (Lipinski definition) is 3. The second kappa shape index (κ2) is 10.0. The first-order valence-corrected chi connectivity index (χ1v) is 12.1. The van der Waals surface area contributed by atoms with Crippen molar-refractivity contribution in [3.05, 3.63) is 77.2 Å². The van der Waals surface area contributed by atoms with E-state index in [0.29, 0.717) is 30.1 Å². The molecule has 1 aliphatic heterocycles. The zero-order valence-corrected chi connectivity index (χ0v) is 19.7. The molecule has 2 aromatic heterocycles. The molecule has 7 nitrogen and oxygen atoms in total. The number of anilines is 2. The van der Waals surface area contributed by atoms with E-state index in [1.54, 1.807) is 0 Å². The number of ether oxygens (including phenoxy) is 1. The highest BCUT2D eigenvalue weighted by molar-refractivity contribution is 8.00. The second-order valence-corrected chi connectivity index (χ2v) is 9.12. The third-order valence-electron chi connectivity index (χ3n) is 5.75. The number of nitrogens with zero attached hydrogens (tertiary/aromatic N) is 2. The Bertz CT molecular complexity index is 1370. The van der Waals surface area contributed by atoms with Crippen LogP contribution in [0.1, 0.15) is 34.8 Å². The van der Waals surface area contributed by atoms with Crippen molar-refractivity contribution in [3.8, 4) is 0 Å². The van der Waals surface area contributed by atoms with Crippen LogP contribution in [0.25, 0.3) is 11.0 Å². The Balaban J connectivity index is 1.42.